The average molecular weight is 724 g/mol. The van der Waals surface area contributed by atoms with Crippen molar-refractivity contribution < 1.29 is 13.9 Å². The molecule has 0 atom stereocenters. The molecule has 0 fully saturated rings. The molecule has 0 saturated carbocycles. The Kier molecular flexibility index (Phi) is 6.40. The van der Waals surface area contributed by atoms with Gasteiger partial charge < -0.3 is 4.90 Å². The topological polar surface area (TPSA) is 120 Å². The molecular formula is C46H25N7O3. The Hall–Kier alpha value is -7.98. The normalized spacial score (nSPS) is 11.9. The van der Waals surface area contributed by atoms with Crippen LogP contribution in [-0.4, -0.2) is 30.9 Å². The number of benzene rings is 9. The molecule has 0 amide bonds. The van der Waals surface area contributed by atoms with Crippen LogP contribution in [0.3, 0.4) is 0 Å². The Bertz CT molecular complexity index is 3340. The molecule has 0 bridgehead atoms. The fourth-order valence-corrected chi connectivity index (χ4v) is 8.23. The Balaban J connectivity index is 1.06. The number of anilines is 3. The van der Waals surface area contributed by atoms with E-state index in [4.69, 9.17) is 13.9 Å². The lowest BCUT2D eigenvalue weighted by Crippen LogP contribution is -2.12. The van der Waals surface area contributed by atoms with E-state index < -0.39 is 0 Å². The zero-order chi connectivity index (χ0) is 36.7. The molecule has 262 valence electrons. The highest BCUT2D eigenvalue weighted by molar-refractivity contribution is 6.13. The summed E-state index contributed by atoms with van der Waals surface area (Å²) < 4.78 is 16.3. The second-order valence-corrected chi connectivity index (χ2v) is 13.9. The molecule has 3 aromatic heterocycles. The summed E-state index contributed by atoms with van der Waals surface area (Å²) in [4.78, 5) is 2.01. The van der Waals surface area contributed by atoms with Crippen LogP contribution in [0.15, 0.2) is 166 Å². The van der Waals surface area contributed by atoms with Crippen LogP contribution in [0, 0.1) is 0 Å². The van der Waals surface area contributed by atoms with Gasteiger partial charge in [0.15, 0.2) is 16.6 Å². The number of hydrogen-bond donors (Lipinski definition) is 0. The van der Waals surface area contributed by atoms with Crippen LogP contribution < -0.4 is 4.90 Å². The van der Waals surface area contributed by atoms with Crippen LogP contribution in [0.1, 0.15) is 0 Å². The van der Waals surface area contributed by atoms with E-state index in [2.05, 4.69) is 140 Å². The van der Waals surface area contributed by atoms with Crippen molar-refractivity contribution in [1.82, 2.24) is 30.9 Å². The SMILES string of the molecule is c1ccc2c(c1)ccc1ccc(-c3ccc(N(c4cccc5nonc45)c4ccc(-c5ccc6ccc7ccccc7c6c5)c5nonc45)c4nonc34)cc12. The van der Waals surface area contributed by atoms with E-state index in [0.717, 1.165) is 43.8 Å². The maximum Gasteiger partial charge on any atom is 0.159 e. The second kappa shape index (κ2) is 11.8. The van der Waals surface area contributed by atoms with Crippen LogP contribution in [-0.2, 0) is 0 Å². The van der Waals surface area contributed by atoms with Gasteiger partial charge in [-0.2, -0.15) is 0 Å². The van der Waals surface area contributed by atoms with Gasteiger partial charge in [0, 0.05) is 11.1 Å². The summed E-state index contributed by atoms with van der Waals surface area (Å²) >= 11 is 0. The summed E-state index contributed by atoms with van der Waals surface area (Å²) in [5.74, 6) is 0. The monoisotopic (exact) mass is 723 g/mol. The summed E-state index contributed by atoms with van der Waals surface area (Å²) in [6.45, 7) is 0. The predicted octanol–water partition coefficient (Wildman–Crippen LogP) is 11.7. The number of rotatable bonds is 5. The van der Waals surface area contributed by atoms with Crippen molar-refractivity contribution >= 4 is 93.3 Å². The standard InChI is InChI=1S/C46H25N7O3/c1-3-8-32-26(6-1)12-14-28-16-18-30(24-36(28)32)34-20-22-40(45-42(34)48-55-51-45)53(39-11-5-10-38-44(39)50-54-47-38)41-23-21-35(43-46(41)52-56-49-43)31-19-17-29-15-13-27-7-2-4-9-33(27)37(29)25-31/h1-25H. The van der Waals surface area contributed by atoms with Gasteiger partial charge in [0.2, 0.25) is 0 Å². The average Bonchev–Trinajstić information content (AvgIpc) is 4.06. The van der Waals surface area contributed by atoms with Crippen LogP contribution in [0.5, 0.6) is 0 Å². The van der Waals surface area contributed by atoms with Gasteiger partial charge in [-0.05, 0) is 134 Å². The third-order valence-electron chi connectivity index (χ3n) is 10.9. The number of aromatic nitrogens is 6. The van der Waals surface area contributed by atoms with Gasteiger partial charge in [-0.15, -0.1) is 0 Å². The van der Waals surface area contributed by atoms with Crippen molar-refractivity contribution in [2.75, 3.05) is 4.90 Å². The zero-order valence-corrected chi connectivity index (χ0v) is 29.3. The lowest BCUT2D eigenvalue weighted by Gasteiger charge is -2.25. The van der Waals surface area contributed by atoms with E-state index in [1.54, 1.807) is 0 Å². The highest BCUT2D eigenvalue weighted by atomic mass is 16.6. The molecule has 10 heteroatoms. The lowest BCUT2D eigenvalue weighted by atomic mass is 9.95. The van der Waals surface area contributed by atoms with Crippen molar-refractivity contribution in [3.8, 4) is 22.3 Å². The molecule has 56 heavy (non-hydrogen) atoms. The van der Waals surface area contributed by atoms with Gasteiger partial charge >= 0.3 is 0 Å². The third kappa shape index (κ3) is 4.50. The van der Waals surface area contributed by atoms with Crippen LogP contribution >= 0.6 is 0 Å². The minimum Gasteiger partial charge on any atom is -0.303 e. The molecule has 0 radical (unpaired) electrons. The van der Waals surface area contributed by atoms with Gasteiger partial charge in [-0.1, -0.05) is 103 Å². The van der Waals surface area contributed by atoms with Crippen molar-refractivity contribution in [3.63, 3.8) is 0 Å². The molecule has 12 rings (SSSR count). The van der Waals surface area contributed by atoms with Crippen molar-refractivity contribution in [2.45, 2.75) is 0 Å². The molecule has 0 N–H and O–H groups in total. The van der Waals surface area contributed by atoms with E-state index in [9.17, 15) is 0 Å². The maximum absolute atomic E-state index is 5.52. The first-order chi connectivity index (χ1) is 27.8. The van der Waals surface area contributed by atoms with Crippen LogP contribution in [0.4, 0.5) is 17.1 Å². The second-order valence-electron chi connectivity index (χ2n) is 13.9. The van der Waals surface area contributed by atoms with E-state index in [1.165, 1.54) is 21.5 Å². The summed E-state index contributed by atoms with van der Waals surface area (Å²) in [5.41, 5.74) is 9.25. The molecule has 0 aliphatic carbocycles. The number of hydrogen-bond acceptors (Lipinski definition) is 10. The molecular weight excluding hydrogens is 699 g/mol. The van der Waals surface area contributed by atoms with Crippen LogP contribution in [0.2, 0.25) is 0 Å². The molecule has 0 saturated heterocycles. The van der Waals surface area contributed by atoms with Gasteiger partial charge in [0.1, 0.15) is 16.6 Å². The molecule has 0 aliphatic rings. The van der Waals surface area contributed by atoms with Crippen molar-refractivity contribution in [1.29, 1.82) is 0 Å². The largest absolute Gasteiger partial charge is 0.303 e. The zero-order valence-electron chi connectivity index (χ0n) is 29.3. The number of nitrogens with zero attached hydrogens (tertiary/aromatic N) is 7. The summed E-state index contributed by atoms with van der Waals surface area (Å²) in [6.07, 6.45) is 0. The first kappa shape index (κ1) is 30.5. The molecule has 3 heterocycles. The van der Waals surface area contributed by atoms with Gasteiger partial charge in [0.05, 0.1) is 17.1 Å². The quantitative estimate of drug-likeness (QED) is 0.159. The Morgan fingerprint density at radius 2 is 0.768 bits per heavy atom. The van der Waals surface area contributed by atoms with Gasteiger partial charge in [0.25, 0.3) is 0 Å². The predicted molar refractivity (Wildman–Crippen MR) is 218 cm³/mol. The van der Waals surface area contributed by atoms with E-state index in [0.29, 0.717) is 50.2 Å². The third-order valence-corrected chi connectivity index (χ3v) is 10.9. The minimum atomic E-state index is 0.545. The fraction of sp³-hybridized carbons (Fsp3) is 0. The minimum absolute atomic E-state index is 0.545. The highest BCUT2D eigenvalue weighted by Gasteiger charge is 2.27. The molecule has 10 nitrogen and oxygen atoms in total. The highest BCUT2D eigenvalue weighted by Crippen LogP contribution is 2.46. The van der Waals surface area contributed by atoms with Gasteiger partial charge in [-0.3, -0.25) is 0 Å². The van der Waals surface area contributed by atoms with E-state index in [-0.39, 0.29) is 0 Å². The summed E-state index contributed by atoms with van der Waals surface area (Å²) in [6, 6.07) is 52.2. The van der Waals surface area contributed by atoms with E-state index >= 15 is 0 Å². The van der Waals surface area contributed by atoms with Gasteiger partial charge in [-0.25, -0.2) is 13.9 Å². The molecule has 0 spiro atoms. The van der Waals surface area contributed by atoms with Crippen LogP contribution in [0.25, 0.3) is 98.4 Å². The molecule has 12 aromatic rings. The summed E-state index contributed by atoms with van der Waals surface area (Å²) in [5, 5.41) is 35.7. The Morgan fingerprint density at radius 3 is 1.34 bits per heavy atom. The number of fused-ring (bicyclic) bond motifs is 9. The Morgan fingerprint density at radius 1 is 0.321 bits per heavy atom. The first-order valence-corrected chi connectivity index (χ1v) is 18.1. The Labute approximate surface area is 316 Å². The first-order valence-electron chi connectivity index (χ1n) is 18.1. The smallest absolute Gasteiger partial charge is 0.159 e. The maximum atomic E-state index is 5.52. The summed E-state index contributed by atoms with van der Waals surface area (Å²) in [7, 11) is 0. The van der Waals surface area contributed by atoms with Crippen molar-refractivity contribution in [3.05, 3.63) is 152 Å². The molecule has 9 aromatic carbocycles. The lowest BCUT2D eigenvalue weighted by molar-refractivity contribution is 0.315. The molecule has 0 unspecified atom stereocenters. The van der Waals surface area contributed by atoms with Crippen molar-refractivity contribution in [2.24, 2.45) is 0 Å². The molecule has 0 aliphatic heterocycles. The fourth-order valence-electron chi connectivity index (χ4n) is 8.23. The van der Waals surface area contributed by atoms with E-state index in [1.807, 2.05) is 47.4 Å².